The SMILES string of the molecule is NS(=O)(=O)c1ccc(CNC(=O)CCN2CCCC2)cc1. The summed E-state index contributed by atoms with van der Waals surface area (Å²) in [6, 6.07) is 6.20. The minimum atomic E-state index is -3.66. The number of hydrogen-bond donors (Lipinski definition) is 2. The van der Waals surface area contributed by atoms with E-state index in [0.29, 0.717) is 13.0 Å². The molecular weight excluding hydrogens is 290 g/mol. The molecule has 0 aromatic heterocycles. The molecule has 0 bridgehead atoms. The van der Waals surface area contributed by atoms with Crippen molar-refractivity contribution in [2.75, 3.05) is 19.6 Å². The third-order valence-corrected chi connectivity index (χ3v) is 4.52. The zero-order valence-electron chi connectivity index (χ0n) is 11.9. The molecule has 0 radical (unpaired) electrons. The molecule has 1 aliphatic rings. The number of nitrogens with one attached hydrogen (secondary N) is 1. The van der Waals surface area contributed by atoms with Gasteiger partial charge in [0.25, 0.3) is 0 Å². The number of sulfonamides is 1. The Morgan fingerprint density at radius 2 is 1.81 bits per heavy atom. The molecule has 1 saturated heterocycles. The van der Waals surface area contributed by atoms with Crippen molar-refractivity contribution in [1.29, 1.82) is 0 Å². The lowest BCUT2D eigenvalue weighted by atomic mass is 10.2. The van der Waals surface area contributed by atoms with E-state index in [0.717, 1.165) is 25.2 Å². The van der Waals surface area contributed by atoms with E-state index in [9.17, 15) is 13.2 Å². The number of amides is 1. The number of carbonyl (C=O) groups excluding carboxylic acids is 1. The van der Waals surface area contributed by atoms with E-state index in [4.69, 9.17) is 5.14 Å². The molecule has 1 aromatic rings. The second-order valence-electron chi connectivity index (χ2n) is 5.26. The molecule has 21 heavy (non-hydrogen) atoms. The largest absolute Gasteiger partial charge is 0.352 e. The Hall–Kier alpha value is -1.44. The second kappa shape index (κ2) is 7.02. The lowest BCUT2D eigenvalue weighted by Crippen LogP contribution is -2.29. The topological polar surface area (TPSA) is 92.5 Å². The molecule has 0 atom stereocenters. The maximum atomic E-state index is 11.7. The van der Waals surface area contributed by atoms with Gasteiger partial charge >= 0.3 is 0 Å². The number of carbonyl (C=O) groups is 1. The minimum absolute atomic E-state index is 0.0115. The molecule has 3 N–H and O–H groups in total. The maximum Gasteiger partial charge on any atom is 0.238 e. The van der Waals surface area contributed by atoms with Crippen molar-refractivity contribution in [1.82, 2.24) is 10.2 Å². The fraction of sp³-hybridized carbons (Fsp3) is 0.500. The number of rotatable bonds is 6. The summed E-state index contributed by atoms with van der Waals surface area (Å²) in [5.74, 6) is 0.0115. The molecule has 1 fully saturated rings. The minimum Gasteiger partial charge on any atom is -0.352 e. The highest BCUT2D eigenvalue weighted by Crippen LogP contribution is 2.09. The lowest BCUT2D eigenvalue weighted by Gasteiger charge is -2.14. The van der Waals surface area contributed by atoms with Gasteiger partial charge < -0.3 is 10.2 Å². The molecule has 7 heteroatoms. The lowest BCUT2D eigenvalue weighted by molar-refractivity contribution is -0.121. The Kier molecular flexibility index (Phi) is 5.33. The maximum absolute atomic E-state index is 11.7. The first-order valence-electron chi connectivity index (χ1n) is 7.06. The molecule has 116 valence electrons. The summed E-state index contributed by atoms with van der Waals surface area (Å²) in [4.78, 5) is 14.1. The van der Waals surface area contributed by atoms with Gasteiger partial charge in [-0.15, -0.1) is 0 Å². The van der Waals surface area contributed by atoms with Crippen molar-refractivity contribution in [2.45, 2.75) is 30.7 Å². The van der Waals surface area contributed by atoms with Crippen LogP contribution in [-0.4, -0.2) is 38.9 Å². The summed E-state index contributed by atoms with van der Waals surface area (Å²) in [6.45, 7) is 3.37. The average molecular weight is 311 g/mol. The van der Waals surface area contributed by atoms with E-state index in [1.54, 1.807) is 12.1 Å². The van der Waals surface area contributed by atoms with Crippen LogP contribution in [0.1, 0.15) is 24.8 Å². The summed E-state index contributed by atoms with van der Waals surface area (Å²) in [6.07, 6.45) is 2.94. The Bertz CT molecular complexity index is 578. The summed E-state index contributed by atoms with van der Waals surface area (Å²) in [5.41, 5.74) is 0.844. The van der Waals surface area contributed by atoms with Crippen molar-refractivity contribution in [2.24, 2.45) is 5.14 Å². The van der Waals surface area contributed by atoms with Crippen molar-refractivity contribution < 1.29 is 13.2 Å². The number of likely N-dealkylation sites (tertiary alicyclic amines) is 1. The molecule has 6 nitrogen and oxygen atoms in total. The third kappa shape index (κ3) is 5.11. The van der Waals surface area contributed by atoms with Gasteiger partial charge in [-0.3, -0.25) is 4.79 Å². The van der Waals surface area contributed by atoms with Gasteiger partial charge in [0.1, 0.15) is 0 Å². The van der Waals surface area contributed by atoms with Crippen LogP contribution in [0.5, 0.6) is 0 Å². The van der Waals surface area contributed by atoms with Crippen molar-refractivity contribution in [3.8, 4) is 0 Å². The van der Waals surface area contributed by atoms with Crippen LogP contribution in [-0.2, 0) is 21.4 Å². The van der Waals surface area contributed by atoms with Gasteiger partial charge in [0, 0.05) is 19.5 Å². The zero-order valence-corrected chi connectivity index (χ0v) is 12.7. The number of hydrogen-bond acceptors (Lipinski definition) is 4. The predicted molar refractivity (Wildman–Crippen MR) is 80.0 cm³/mol. The third-order valence-electron chi connectivity index (χ3n) is 3.60. The van der Waals surface area contributed by atoms with Crippen molar-refractivity contribution in [3.05, 3.63) is 29.8 Å². The highest BCUT2D eigenvalue weighted by molar-refractivity contribution is 7.89. The number of nitrogens with zero attached hydrogens (tertiary/aromatic N) is 1. The van der Waals surface area contributed by atoms with Crippen molar-refractivity contribution in [3.63, 3.8) is 0 Å². The van der Waals surface area contributed by atoms with Gasteiger partial charge in [-0.25, -0.2) is 13.6 Å². The van der Waals surface area contributed by atoms with Crippen LogP contribution in [0.4, 0.5) is 0 Å². The van der Waals surface area contributed by atoms with Gasteiger partial charge in [-0.1, -0.05) is 12.1 Å². The monoisotopic (exact) mass is 311 g/mol. The second-order valence-corrected chi connectivity index (χ2v) is 6.83. The number of benzene rings is 1. The summed E-state index contributed by atoms with van der Waals surface area (Å²) >= 11 is 0. The van der Waals surface area contributed by atoms with Gasteiger partial charge in [0.05, 0.1) is 4.90 Å². The Morgan fingerprint density at radius 3 is 2.38 bits per heavy atom. The standard InChI is InChI=1S/C14H21N3O3S/c15-21(19,20)13-5-3-12(4-6-13)11-16-14(18)7-10-17-8-1-2-9-17/h3-6H,1-2,7-11H2,(H,16,18)(H2,15,19,20). The first kappa shape index (κ1) is 15.9. The van der Waals surface area contributed by atoms with E-state index < -0.39 is 10.0 Å². The first-order chi connectivity index (χ1) is 9.95. The van der Waals surface area contributed by atoms with E-state index in [2.05, 4.69) is 10.2 Å². The molecule has 1 amide bonds. The van der Waals surface area contributed by atoms with Gasteiger partial charge in [-0.05, 0) is 43.6 Å². The van der Waals surface area contributed by atoms with Crippen LogP contribution in [0, 0.1) is 0 Å². The predicted octanol–water partition coefficient (Wildman–Crippen LogP) is 0.436. The van der Waals surface area contributed by atoms with E-state index in [1.165, 1.54) is 25.0 Å². The molecule has 0 aliphatic carbocycles. The summed E-state index contributed by atoms with van der Waals surface area (Å²) in [5, 5.41) is 7.86. The average Bonchev–Trinajstić information content (AvgIpc) is 2.95. The normalized spacial score (nSPS) is 16.0. The molecule has 1 aromatic carbocycles. The number of primary sulfonamides is 1. The van der Waals surface area contributed by atoms with Crippen LogP contribution in [0.2, 0.25) is 0 Å². The zero-order chi connectivity index (χ0) is 15.3. The first-order valence-corrected chi connectivity index (χ1v) is 8.60. The Balaban J connectivity index is 1.75. The van der Waals surface area contributed by atoms with Crippen molar-refractivity contribution >= 4 is 15.9 Å². The van der Waals surface area contributed by atoms with Crippen LogP contribution < -0.4 is 10.5 Å². The quantitative estimate of drug-likeness (QED) is 0.797. The highest BCUT2D eigenvalue weighted by Gasteiger charge is 2.12. The molecular formula is C14H21N3O3S. The van der Waals surface area contributed by atoms with Crippen LogP contribution >= 0.6 is 0 Å². The molecule has 0 saturated carbocycles. The fourth-order valence-electron chi connectivity index (χ4n) is 2.35. The Morgan fingerprint density at radius 1 is 1.19 bits per heavy atom. The summed E-state index contributed by atoms with van der Waals surface area (Å²) in [7, 11) is -3.66. The molecule has 0 spiro atoms. The smallest absolute Gasteiger partial charge is 0.238 e. The van der Waals surface area contributed by atoms with E-state index >= 15 is 0 Å². The number of nitrogens with two attached hydrogens (primary N) is 1. The fourth-order valence-corrected chi connectivity index (χ4v) is 2.87. The summed E-state index contributed by atoms with van der Waals surface area (Å²) < 4.78 is 22.2. The van der Waals surface area contributed by atoms with Crippen LogP contribution in [0.3, 0.4) is 0 Å². The van der Waals surface area contributed by atoms with Gasteiger partial charge in [0.15, 0.2) is 0 Å². The van der Waals surface area contributed by atoms with E-state index in [-0.39, 0.29) is 10.8 Å². The Labute approximate surface area is 125 Å². The molecule has 1 heterocycles. The van der Waals surface area contributed by atoms with Gasteiger partial charge in [0.2, 0.25) is 15.9 Å². The highest BCUT2D eigenvalue weighted by atomic mass is 32.2. The van der Waals surface area contributed by atoms with E-state index in [1.807, 2.05) is 0 Å². The van der Waals surface area contributed by atoms with Crippen LogP contribution in [0.15, 0.2) is 29.2 Å². The molecule has 0 unspecified atom stereocenters. The molecule has 2 rings (SSSR count). The van der Waals surface area contributed by atoms with Gasteiger partial charge in [-0.2, -0.15) is 0 Å². The van der Waals surface area contributed by atoms with Crippen LogP contribution in [0.25, 0.3) is 0 Å². The molecule has 1 aliphatic heterocycles.